The number of carbonyl (C=O) groups is 1. The molecule has 0 amide bonds. The maximum Gasteiger partial charge on any atom is 0.376 e. The number of ether oxygens (including phenoxy) is 2. The van der Waals surface area contributed by atoms with Gasteiger partial charge >= 0.3 is 5.97 Å². The molecule has 110 valence electrons. The van der Waals surface area contributed by atoms with Gasteiger partial charge in [-0.05, 0) is 19.4 Å². The Hall–Kier alpha value is -2.30. The lowest BCUT2D eigenvalue weighted by molar-refractivity contribution is 0.0421. The van der Waals surface area contributed by atoms with Crippen LogP contribution in [-0.2, 0) is 4.74 Å². The molecule has 0 aliphatic carbocycles. The molecule has 1 aliphatic heterocycles. The predicted octanol–water partition coefficient (Wildman–Crippen LogP) is 3.01. The number of carbonyl (C=O) groups excluding carboxylic acids is 1. The van der Waals surface area contributed by atoms with Crippen LogP contribution in [0.2, 0.25) is 0 Å². The summed E-state index contributed by atoms with van der Waals surface area (Å²) in [6, 6.07) is 7.85. The zero-order valence-electron chi connectivity index (χ0n) is 12.1. The first kappa shape index (κ1) is 13.7. The fourth-order valence-electron chi connectivity index (χ4n) is 2.55. The normalized spacial score (nSPS) is 17.0. The molecule has 5 nitrogen and oxygen atoms in total. The molecule has 0 saturated heterocycles. The van der Waals surface area contributed by atoms with Gasteiger partial charge in [0.05, 0.1) is 18.9 Å². The SMILES string of the molecule is Cc1nc(C)c(C(=O)OC[C@H]2CCOc3ccccc32)o1. The number of nitrogens with zero attached hydrogens (tertiary/aromatic N) is 1. The maximum atomic E-state index is 12.0. The summed E-state index contributed by atoms with van der Waals surface area (Å²) >= 11 is 0. The highest BCUT2D eigenvalue weighted by atomic mass is 16.5. The van der Waals surface area contributed by atoms with Crippen molar-refractivity contribution in [3.63, 3.8) is 0 Å². The molecular weight excluding hydrogens is 270 g/mol. The number of para-hydroxylation sites is 1. The summed E-state index contributed by atoms with van der Waals surface area (Å²) in [4.78, 5) is 16.1. The summed E-state index contributed by atoms with van der Waals surface area (Å²) < 4.78 is 16.3. The van der Waals surface area contributed by atoms with Crippen LogP contribution >= 0.6 is 0 Å². The van der Waals surface area contributed by atoms with Crippen LogP contribution in [0.5, 0.6) is 5.75 Å². The van der Waals surface area contributed by atoms with Crippen LogP contribution in [0.15, 0.2) is 28.7 Å². The van der Waals surface area contributed by atoms with Gasteiger partial charge in [-0.3, -0.25) is 0 Å². The summed E-state index contributed by atoms with van der Waals surface area (Å²) in [6.45, 7) is 4.40. The van der Waals surface area contributed by atoms with Gasteiger partial charge in [0.2, 0.25) is 5.76 Å². The van der Waals surface area contributed by atoms with E-state index in [4.69, 9.17) is 13.9 Å². The first-order chi connectivity index (χ1) is 10.1. The number of fused-ring (bicyclic) bond motifs is 1. The van der Waals surface area contributed by atoms with Gasteiger partial charge in [0.15, 0.2) is 5.89 Å². The maximum absolute atomic E-state index is 12.0. The molecule has 1 aromatic heterocycles. The van der Waals surface area contributed by atoms with Crippen LogP contribution in [0.4, 0.5) is 0 Å². The average Bonchev–Trinajstić information content (AvgIpc) is 2.83. The number of rotatable bonds is 3. The van der Waals surface area contributed by atoms with Crippen molar-refractivity contribution in [2.24, 2.45) is 0 Å². The molecule has 0 fully saturated rings. The second-order valence-electron chi connectivity index (χ2n) is 5.12. The van der Waals surface area contributed by atoms with Gasteiger partial charge in [-0.1, -0.05) is 18.2 Å². The summed E-state index contributed by atoms with van der Waals surface area (Å²) in [5.41, 5.74) is 1.65. The van der Waals surface area contributed by atoms with Gasteiger partial charge in [0.25, 0.3) is 0 Å². The number of benzene rings is 1. The molecule has 1 aliphatic rings. The highest BCUT2D eigenvalue weighted by Crippen LogP contribution is 2.33. The highest BCUT2D eigenvalue weighted by Gasteiger charge is 2.24. The van der Waals surface area contributed by atoms with Crippen LogP contribution in [0.25, 0.3) is 0 Å². The van der Waals surface area contributed by atoms with Crippen molar-refractivity contribution in [1.29, 1.82) is 0 Å². The van der Waals surface area contributed by atoms with Crippen molar-refractivity contribution in [3.05, 3.63) is 47.2 Å². The van der Waals surface area contributed by atoms with Crippen LogP contribution in [0, 0.1) is 13.8 Å². The number of esters is 1. The Morgan fingerprint density at radius 3 is 2.95 bits per heavy atom. The molecule has 0 bridgehead atoms. The Morgan fingerprint density at radius 2 is 2.19 bits per heavy atom. The smallest absolute Gasteiger partial charge is 0.376 e. The average molecular weight is 287 g/mol. The van der Waals surface area contributed by atoms with E-state index in [0.29, 0.717) is 24.8 Å². The van der Waals surface area contributed by atoms with Crippen LogP contribution in [0.1, 0.15) is 40.0 Å². The third-order valence-corrected chi connectivity index (χ3v) is 3.59. The molecule has 1 atom stereocenters. The summed E-state index contributed by atoms with van der Waals surface area (Å²) in [5, 5.41) is 0. The zero-order valence-corrected chi connectivity index (χ0v) is 12.1. The summed E-state index contributed by atoms with van der Waals surface area (Å²) in [5.74, 6) is 1.22. The standard InChI is InChI=1S/C16H17NO4/c1-10-15(21-11(2)17-10)16(18)20-9-12-7-8-19-14-6-4-3-5-13(12)14/h3-6,12H,7-9H2,1-2H3/t12-/m1/s1. The molecule has 5 heteroatoms. The molecule has 0 radical (unpaired) electrons. The van der Waals surface area contributed by atoms with Gasteiger partial charge in [0, 0.05) is 18.4 Å². The van der Waals surface area contributed by atoms with E-state index >= 15 is 0 Å². The monoisotopic (exact) mass is 287 g/mol. The number of hydrogen-bond donors (Lipinski definition) is 0. The molecular formula is C16H17NO4. The van der Waals surface area contributed by atoms with E-state index in [0.717, 1.165) is 17.7 Å². The van der Waals surface area contributed by atoms with Gasteiger partial charge < -0.3 is 13.9 Å². The third-order valence-electron chi connectivity index (χ3n) is 3.59. The fourth-order valence-corrected chi connectivity index (χ4v) is 2.55. The van der Waals surface area contributed by atoms with Crippen molar-refractivity contribution in [2.45, 2.75) is 26.2 Å². The second kappa shape index (κ2) is 5.60. The van der Waals surface area contributed by atoms with Gasteiger partial charge in [-0.25, -0.2) is 9.78 Å². The predicted molar refractivity (Wildman–Crippen MR) is 75.6 cm³/mol. The van der Waals surface area contributed by atoms with E-state index in [9.17, 15) is 4.79 Å². The first-order valence-electron chi connectivity index (χ1n) is 6.98. The van der Waals surface area contributed by atoms with Crippen LogP contribution in [-0.4, -0.2) is 24.2 Å². The quantitative estimate of drug-likeness (QED) is 0.812. The number of oxazole rings is 1. The van der Waals surface area contributed by atoms with Crippen molar-refractivity contribution in [2.75, 3.05) is 13.2 Å². The Labute approximate surface area is 122 Å². The van der Waals surface area contributed by atoms with E-state index in [-0.39, 0.29) is 11.7 Å². The summed E-state index contributed by atoms with van der Waals surface area (Å²) in [7, 11) is 0. The number of aryl methyl sites for hydroxylation is 2. The molecule has 0 spiro atoms. The molecule has 21 heavy (non-hydrogen) atoms. The van der Waals surface area contributed by atoms with Crippen LogP contribution < -0.4 is 4.74 Å². The lowest BCUT2D eigenvalue weighted by Gasteiger charge is -2.25. The van der Waals surface area contributed by atoms with E-state index in [1.165, 1.54) is 0 Å². The Balaban J connectivity index is 1.69. The fraction of sp³-hybridized carbons (Fsp3) is 0.375. The highest BCUT2D eigenvalue weighted by molar-refractivity contribution is 5.87. The lowest BCUT2D eigenvalue weighted by Crippen LogP contribution is -2.20. The second-order valence-corrected chi connectivity index (χ2v) is 5.12. The first-order valence-corrected chi connectivity index (χ1v) is 6.98. The molecule has 0 unspecified atom stereocenters. The van der Waals surface area contributed by atoms with E-state index < -0.39 is 5.97 Å². The third kappa shape index (κ3) is 2.77. The van der Waals surface area contributed by atoms with Crippen molar-refractivity contribution < 1.29 is 18.7 Å². The molecule has 3 rings (SSSR count). The molecule has 2 heterocycles. The van der Waals surface area contributed by atoms with Crippen LogP contribution in [0.3, 0.4) is 0 Å². The topological polar surface area (TPSA) is 61.6 Å². The molecule has 0 N–H and O–H groups in total. The molecule has 1 aromatic carbocycles. The zero-order chi connectivity index (χ0) is 14.8. The van der Waals surface area contributed by atoms with Crippen molar-refractivity contribution in [1.82, 2.24) is 4.98 Å². The summed E-state index contributed by atoms with van der Waals surface area (Å²) in [6.07, 6.45) is 0.832. The Morgan fingerprint density at radius 1 is 1.38 bits per heavy atom. The van der Waals surface area contributed by atoms with E-state index in [1.54, 1.807) is 13.8 Å². The largest absolute Gasteiger partial charge is 0.493 e. The minimum atomic E-state index is -0.461. The minimum absolute atomic E-state index is 0.156. The number of hydrogen-bond acceptors (Lipinski definition) is 5. The lowest BCUT2D eigenvalue weighted by atomic mass is 9.94. The molecule has 0 saturated carbocycles. The number of aromatic nitrogens is 1. The van der Waals surface area contributed by atoms with E-state index in [1.807, 2.05) is 24.3 Å². The Kier molecular flexibility index (Phi) is 3.64. The van der Waals surface area contributed by atoms with Crippen molar-refractivity contribution >= 4 is 5.97 Å². The van der Waals surface area contributed by atoms with Gasteiger partial charge in [-0.2, -0.15) is 0 Å². The van der Waals surface area contributed by atoms with Gasteiger partial charge in [-0.15, -0.1) is 0 Å². The molecule has 2 aromatic rings. The minimum Gasteiger partial charge on any atom is -0.493 e. The van der Waals surface area contributed by atoms with E-state index in [2.05, 4.69) is 4.98 Å². The Bertz CT molecular complexity index is 662. The van der Waals surface area contributed by atoms with Gasteiger partial charge in [0.1, 0.15) is 5.75 Å². The van der Waals surface area contributed by atoms with Crippen molar-refractivity contribution in [3.8, 4) is 5.75 Å².